The van der Waals surface area contributed by atoms with Gasteiger partial charge in [-0.1, -0.05) is 31.4 Å². The van der Waals surface area contributed by atoms with Crippen molar-refractivity contribution in [3.8, 4) is 0 Å². The van der Waals surface area contributed by atoms with E-state index in [9.17, 15) is 0 Å². The molecule has 0 atom stereocenters. The Morgan fingerprint density at radius 1 is 1.20 bits per heavy atom. The largest absolute Gasteiger partial charge is 0.378 e. The summed E-state index contributed by atoms with van der Waals surface area (Å²) in [7, 11) is 1.83. The van der Waals surface area contributed by atoms with Gasteiger partial charge in [0.25, 0.3) is 0 Å². The third-order valence-electron chi connectivity index (χ3n) is 4.09. The predicted molar refractivity (Wildman–Crippen MR) is 84.1 cm³/mol. The minimum Gasteiger partial charge on any atom is -0.378 e. The summed E-state index contributed by atoms with van der Waals surface area (Å²) < 4.78 is 5.92. The normalized spacial score (nSPS) is 21.4. The number of hydrogen-bond acceptors (Lipinski definition) is 2. The molecule has 0 unspecified atom stereocenters. The molecule has 20 heavy (non-hydrogen) atoms. The number of aliphatic imine (C=N–C) groups is 1. The molecular formula is C16H29N3O. The second kappa shape index (κ2) is 9.01. The lowest BCUT2D eigenvalue weighted by Gasteiger charge is -2.22. The Kier molecular flexibility index (Phi) is 6.92. The number of ether oxygens (including phenoxy) is 1. The maximum atomic E-state index is 5.92. The van der Waals surface area contributed by atoms with Crippen LogP contribution in [-0.4, -0.2) is 38.3 Å². The highest BCUT2D eigenvalue weighted by atomic mass is 16.5. The van der Waals surface area contributed by atoms with E-state index in [1.807, 2.05) is 7.05 Å². The highest BCUT2D eigenvalue weighted by molar-refractivity contribution is 5.80. The lowest BCUT2D eigenvalue weighted by molar-refractivity contribution is 0.0277. The van der Waals surface area contributed by atoms with Crippen LogP contribution in [0, 0.1) is 0 Å². The first kappa shape index (κ1) is 15.4. The fourth-order valence-electron chi connectivity index (χ4n) is 2.88. The Bertz CT molecular complexity index is 314. The molecule has 0 bridgehead atoms. The van der Waals surface area contributed by atoms with Gasteiger partial charge in [-0.05, 0) is 32.1 Å². The molecule has 1 saturated carbocycles. The van der Waals surface area contributed by atoms with E-state index in [4.69, 9.17) is 4.74 Å². The van der Waals surface area contributed by atoms with Gasteiger partial charge in [0.2, 0.25) is 0 Å². The first-order chi connectivity index (χ1) is 9.88. The number of rotatable bonds is 6. The summed E-state index contributed by atoms with van der Waals surface area (Å²) in [5, 5.41) is 6.81. The zero-order valence-electron chi connectivity index (χ0n) is 12.7. The molecule has 2 aliphatic carbocycles. The maximum Gasteiger partial charge on any atom is 0.191 e. The van der Waals surface area contributed by atoms with Crippen molar-refractivity contribution < 1.29 is 4.74 Å². The van der Waals surface area contributed by atoms with Crippen molar-refractivity contribution in [1.82, 2.24) is 10.6 Å². The van der Waals surface area contributed by atoms with Gasteiger partial charge < -0.3 is 15.4 Å². The van der Waals surface area contributed by atoms with Crippen molar-refractivity contribution in [2.45, 2.75) is 63.5 Å². The summed E-state index contributed by atoms with van der Waals surface area (Å²) in [5.41, 5.74) is 0. The summed E-state index contributed by atoms with van der Waals surface area (Å²) in [5.74, 6) is 0.913. The molecule has 0 radical (unpaired) electrons. The van der Waals surface area contributed by atoms with Crippen LogP contribution in [0.2, 0.25) is 0 Å². The molecular weight excluding hydrogens is 250 g/mol. The molecule has 0 aromatic rings. The molecule has 4 nitrogen and oxygen atoms in total. The molecule has 2 rings (SSSR count). The highest BCUT2D eigenvalue weighted by Gasteiger charge is 2.13. The van der Waals surface area contributed by atoms with Crippen molar-refractivity contribution >= 4 is 5.96 Å². The third kappa shape index (κ3) is 5.53. The summed E-state index contributed by atoms with van der Waals surface area (Å²) in [4.78, 5) is 4.26. The van der Waals surface area contributed by atoms with E-state index >= 15 is 0 Å². The van der Waals surface area contributed by atoms with Crippen LogP contribution in [0.15, 0.2) is 17.1 Å². The molecule has 0 amide bonds. The molecule has 0 spiro atoms. The van der Waals surface area contributed by atoms with Crippen molar-refractivity contribution in [3.05, 3.63) is 12.2 Å². The summed E-state index contributed by atoms with van der Waals surface area (Å²) in [6.07, 6.45) is 14.8. The van der Waals surface area contributed by atoms with Gasteiger partial charge in [0.05, 0.1) is 6.10 Å². The van der Waals surface area contributed by atoms with Gasteiger partial charge in [0.15, 0.2) is 5.96 Å². The van der Waals surface area contributed by atoms with E-state index in [0.717, 1.165) is 38.4 Å². The first-order valence-corrected chi connectivity index (χ1v) is 8.12. The number of hydrogen-bond donors (Lipinski definition) is 2. The van der Waals surface area contributed by atoms with Gasteiger partial charge >= 0.3 is 0 Å². The number of guanidine groups is 1. The van der Waals surface area contributed by atoms with E-state index in [2.05, 4.69) is 27.8 Å². The second-order valence-electron chi connectivity index (χ2n) is 5.77. The van der Waals surface area contributed by atoms with Gasteiger partial charge in [-0.15, -0.1) is 0 Å². The summed E-state index contributed by atoms with van der Waals surface area (Å²) in [6, 6.07) is 0.514. The number of nitrogens with one attached hydrogen (secondary N) is 2. The van der Waals surface area contributed by atoms with Crippen LogP contribution < -0.4 is 10.6 Å². The predicted octanol–water partition coefficient (Wildman–Crippen LogP) is 2.61. The van der Waals surface area contributed by atoms with Crippen molar-refractivity contribution in [2.24, 2.45) is 4.99 Å². The third-order valence-corrected chi connectivity index (χ3v) is 4.09. The molecule has 114 valence electrons. The Morgan fingerprint density at radius 3 is 2.65 bits per heavy atom. The van der Waals surface area contributed by atoms with Crippen LogP contribution in [0.4, 0.5) is 0 Å². The standard InChI is InChI=1S/C16H29N3O/c1-17-16(19-14-8-5-6-9-14)18-12-7-13-20-15-10-3-2-4-11-15/h5-6,14-15H,2-4,7-13H2,1H3,(H2,17,18,19). The van der Waals surface area contributed by atoms with Crippen molar-refractivity contribution in [3.63, 3.8) is 0 Å². The smallest absolute Gasteiger partial charge is 0.191 e. The molecule has 0 heterocycles. The quantitative estimate of drug-likeness (QED) is 0.340. The minimum atomic E-state index is 0.514. The zero-order chi connectivity index (χ0) is 14.0. The first-order valence-electron chi connectivity index (χ1n) is 8.12. The molecule has 1 fully saturated rings. The van der Waals surface area contributed by atoms with Gasteiger partial charge in [-0.2, -0.15) is 0 Å². The monoisotopic (exact) mass is 279 g/mol. The fraction of sp³-hybridized carbons (Fsp3) is 0.812. The molecule has 0 saturated heterocycles. The van der Waals surface area contributed by atoms with Crippen LogP contribution in [-0.2, 0) is 4.74 Å². The van der Waals surface area contributed by atoms with Crippen LogP contribution in [0.5, 0.6) is 0 Å². The Morgan fingerprint density at radius 2 is 1.95 bits per heavy atom. The van der Waals surface area contributed by atoms with Gasteiger partial charge in [-0.25, -0.2) is 0 Å². The molecule has 4 heteroatoms. The molecule has 0 aromatic heterocycles. The Labute approximate surface area is 123 Å². The molecule has 2 N–H and O–H groups in total. The Balaban J connectivity index is 1.50. The maximum absolute atomic E-state index is 5.92. The van der Waals surface area contributed by atoms with Crippen molar-refractivity contribution in [1.29, 1.82) is 0 Å². The van der Waals surface area contributed by atoms with Crippen LogP contribution in [0.25, 0.3) is 0 Å². The van der Waals surface area contributed by atoms with Gasteiger partial charge in [0.1, 0.15) is 0 Å². The number of nitrogens with zero attached hydrogens (tertiary/aromatic N) is 1. The highest BCUT2D eigenvalue weighted by Crippen LogP contribution is 2.20. The fourth-order valence-corrected chi connectivity index (χ4v) is 2.88. The Hall–Kier alpha value is -1.03. The second-order valence-corrected chi connectivity index (χ2v) is 5.77. The van der Waals surface area contributed by atoms with Gasteiger partial charge in [0, 0.05) is 26.2 Å². The molecule has 0 aliphatic heterocycles. The van der Waals surface area contributed by atoms with Crippen LogP contribution in [0.3, 0.4) is 0 Å². The zero-order valence-corrected chi connectivity index (χ0v) is 12.7. The van der Waals surface area contributed by atoms with Crippen LogP contribution in [0.1, 0.15) is 51.4 Å². The van der Waals surface area contributed by atoms with Crippen LogP contribution >= 0.6 is 0 Å². The molecule has 2 aliphatic rings. The average Bonchev–Trinajstić information content (AvgIpc) is 3.00. The topological polar surface area (TPSA) is 45.7 Å². The van der Waals surface area contributed by atoms with Gasteiger partial charge in [-0.3, -0.25) is 4.99 Å². The average molecular weight is 279 g/mol. The lowest BCUT2D eigenvalue weighted by Crippen LogP contribution is -2.43. The van der Waals surface area contributed by atoms with E-state index in [1.54, 1.807) is 0 Å². The SMILES string of the molecule is CN=C(NCCCOC1CCCCC1)NC1CC=CC1. The molecule has 0 aromatic carbocycles. The van der Waals surface area contributed by atoms with E-state index < -0.39 is 0 Å². The van der Waals surface area contributed by atoms with E-state index in [-0.39, 0.29) is 0 Å². The van der Waals surface area contributed by atoms with E-state index in [1.165, 1.54) is 32.1 Å². The van der Waals surface area contributed by atoms with Crippen molar-refractivity contribution in [2.75, 3.05) is 20.2 Å². The lowest BCUT2D eigenvalue weighted by atomic mass is 9.98. The summed E-state index contributed by atoms with van der Waals surface area (Å²) in [6.45, 7) is 1.78. The van der Waals surface area contributed by atoms with E-state index in [0.29, 0.717) is 12.1 Å². The minimum absolute atomic E-state index is 0.514. The summed E-state index contributed by atoms with van der Waals surface area (Å²) >= 11 is 0.